The van der Waals surface area contributed by atoms with Crippen LogP contribution in [-0.4, -0.2) is 33.0 Å². The van der Waals surface area contributed by atoms with Gasteiger partial charge >= 0.3 is 0 Å². The highest BCUT2D eigenvalue weighted by atomic mass is 32.2. The van der Waals surface area contributed by atoms with Gasteiger partial charge in [0.25, 0.3) is 0 Å². The summed E-state index contributed by atoms with van der Waals surface area (Å²) in [5.41, 5.74) is 4.95. The Kier molecular flexibility index (Phi) is 5.82. The molecule has 1 rings (SSSR count). The number of amides is 1. The van der Waals surface area contributed by atoms with E-state index in [-0.39, 0.29) is 30.3 Å². The van der Waals surface area contributed by atoms with E-state index in [9.17, 15) is 17.6 Å². The van der Waals surface area contributed by atoms with Crippen LogP contribution < -0.4 is 15.8 Å². The number of nitrogens with two attached hydrogens (primary N) is 1. The molecule has 0 aliphatic carbocycles. The number of halogens is 1. The lowest BCUT2D eigenvalue weighted by Crippen LogP contribution is -2.49. The Labute approximate surface area is 124 Å². The highest BCUT2D eigenvalue weighted by Gasteiger charge is 2.19. The van der Waals surface area contributed by atoms with Gasteiger partial charge in [-0.1, -0.05) is 0 Å². The summed E-state index contributed by atoms with van der Waals surface area (Å²) >= 11 is 0. The van der Waals surface area contributed by atoms with E-state index in [1.807, 2.05) is 0 Å². The number of carbonyl (C=O) groups excluding carboxylic acids is 1. The average Bonchev–Trinajstić information content (AvgIpc) is 2.38. The molecule has 0 unspecified atom stereocenters. The minimum atomic E-state index is -3.74. The van der Waals surface area contributed by atoms with Crippen LogP contribution in [0.1, 0.15) is 20.3 Å². The van der Waals surface area contributed by atoms with Crippen molar-refractivity contribution in [2.45, 2.75) is 30.7 Å². The first kappa shape index (κ1) is 17.5. The van der Waals surface area contributed by atoms with Crippen LogP contribution in [0.4, 0.5) is 4.39 Å². The largest absolute Gasteiger partial charge is 0.350 e. The lowest BCUT2D eigenvalue weighted by molar-refractivity contribution is -0.122. The zero-order valence-corrected chi connectivity index (χ0v) is 12.8. The maximum Gasteiger partial charge on any atom is 0.240 e. The summed E-state index contributed by atoms with van der Waals surface area (Å²) in [4.78, 5) is 11.6. The van der Waals surface area contributed by atoms with Gasteiger partial charge in [0.2, 0.25) is 15.9 Å². The van der Waals surface area contributed by atoms with E-state index in [0.29, 0.717) is 0 Å². The van der Waals surface area contributed by atoms with Gasteiger partial charge < -0.3 is 11.1 Å². The molecule has 118 valence electrons. The van der Waals surface area contributed by atoms with Crippen molar-refractivity contribution in [3.8, 4) is 0 Å². The first-order valence-corrected chi connectivity index (χ1v) is 7.91. The van der Waals surface area contributed by atoms with Crippen molar-refractivity contribution in [3.05, 3.63) is 30.1 Å². The number of carbonyl (C=O) groups is 1. The summed E-state index contributed by atoms with van der Waals surface area (Å²) in [5, 5.41) is 2.69. The van der Waals surface area contributed by atoms with E-state index >= 15 is 0 Å². The molecule has 4 N–H and O–H groups in total. The predicted octanol–water partition coefficient (Wildman–Crippen LogP) is 0.348. The molecule has 0 fully saturated rings. The number of rotatable bonds is 7. The first-order chi connectivity index (χ1) is 9.66. The van der Waals surface area contributed by atoms with Gasteiger partial charge in [-0.3, -0.25) is 4.79 Å². The van der Waals surface area contributed by atoms with Gasteiger partial charge in [-0.15, -0.1) is 0 Å². The summed E-state index contributed by atoms with van der Waals surface area (Å²) in [6, 6.07) is 4.45. The highest BCUT2D eigenvalue weighted by molar-refractivity contribution is 7.89. The maximum absolute atomic E-state index is 12.7. The number of hydrogen-bond donors (Lipinski definition) is 3. The predicted molar refractivity (Wildman–Crippen MR) is 77.5 cm³/mol. The molecule has 0 atom stereocenters. The molecule has 1 aromatic carbocycles. The molecule has 0 aliphatic rings. The smallest absolute Gasteiger partial charge is 0.240 e. The van der Waals surface area contributed by atoms with Crippen LogP contribution in [0.5, 0.6) is 0 Å². The maximum atomic E-state index is 12.7. The number of sulfonamides is 1. The monoisotopic (exact) mass is 317 g/mol. The third-order valence-electron chi connectivity index (χ3n) is 2.76. The van der Waals surface area contributed by atoms with E-state index < -0.39 is 21.4 Å². The molecule has 0 spiro atoms. The fourth-order valence-electron chi connectivity index (χ4n) is 1.49. The van der Waals surface area contributed by atoms with E-state index in [2.05, 4.69) is 10.0 Å². The van der Waals surface area contributed by atoms with Crippen molar-refractivity contribution < 1.29 is 17.6 Å². The van der Waals surface area contributed by atoms with Crippen molar-refractivity contribution >= 4 is 15.9 Å². The molecule has 1 amide bonds. The van der Waals surface area contributed by atoms with Gasteiger partial charge in [0.1, 0.15) is 5.82 Å². The summed E-state index contributed by atoms with van der Waals surface area (Å²) in [6.45, 7) is 3.77. The normalized spacial score (nSPS) is 12.2. The van der Waals surface area contributed by atoms with Gasteiger partial charge in [-0.25, -0.2) is 17.5 Å². The van der Waals surface area contributed by atoms with Crippen molar-refractivity contribution in [1.82, 2.24) is 10.0 Å². The summed E-state index contributed by atoms with van der Waals surface area (Å²) < 4.78 is 38.8. The topological polar surface area (TPSA) is 101 Å². The van der Waals surface area contributed by atoms with Gasteiger partial charge in [0.15, 0.2) is 0 Å². The average molecular weight is 317 g/mol. The minimum Gasteiger partial charge on any atom is -0.350 e. The fraction of sp³-hybridized carbons (Fsp3) is 0.462. The van der Waals surface area contributed by atoms with Crippen LogP contribution in [0.2, 0.25) is 0 Å². The number of hydrogen-bond acceptors (Lipinski definition) is 4. The summed E-state index contributed by atoms with van der Waals surface area (Å²) in [6.07, 6.45) is -0.0101. The molecule has 1 aromatic rings. The van der Waals surface area contributed by atoms with Crippen molar-refractivity contribution in [2.24, 2.45) is 5.73 Å². The SMILES string of the molecule is CC(C)(CN)NC(=O)CCNS(=O)(=O)c1ccc(F)cc1. The molecule has 0 aliphatic heterocycles. The third kappa shape index (κ3) is 5.78. The second kappa shape index (κ2) is 6.97. The van der Waals surface area contributed by atoms with E-state index in [1.165, 1.54) is 0 Å². The number of benzene rings is 1. The van der Waals surface area contributed by atoms with Crippen LogP contribution in [0, 0.1) is 5.82 Å². The molecule has 21 heavy (non-hydrogen) atoms. The molecular formula is C13H20FN3O3S. The van der Waals surface area contributed by atoms with Gasteiger partial charge in [-0.2, -0.15) is 0 Å². The van der Waals surface area contributed by atoms with Crippen molar-refractivity contribution in [2.75, 3.05) is 13.1 Å². The summed E-state index contributed by atoms with van der Waals surface area (Å²) in [7, 11) is -3.74. The lowest BCUT2D eigenvalue weighted by Gasteiger charge is -2.24. The molecule has 8 heteroatoms. The molecular weight excluding hydrogens is 297 g/mol. The Morgan fingerprint density at radius 1 is 1.29 bits per heavy atom. The van der Waals surface area contributed by atoms with Crippen LogP contribution in [0.25, 0.3) is 0 Å². The van der Waals surface area contributed by atoms with Gasteiger partial charge in [-0.05, 0) is 38.1 Å². The fourth-order valence-corrected chi connectivity index (χ4v) is 2.52. The molecule has 6 nitrogen and oxygen atoms in total. The standard InChI is InChI=1S/C13H20FN3O3S/c1-13(2,9-15)17-12(18)7-8-16-21(19,20)11-5-3-10(14)4-6-11/h3-6,16H,7-9,15H2,1-2H3,(H,17,18). The summed E-state index contributed by atoms with van der Waals surface area (Å²) in [5.74, 6) is -0.815. The van der Waals surface area contributed by atoms with Crippen molar-refractivity contribution in [3.63, 3.8) is 0 Å². The first-order valence-electron chi connectivity index (χ1n) is 6.42. The Hall–Kier alpha value is -1.51. The lowest BCUT2D eigenvalue weighted by atomic mass is 10.1. The Morgan fingerprint density at radius 2 is 1.86 bits per heavy atom. The Balaban J connectivity index is 2.51. The zero-order valence-electron chi connectivity index (χ0n) is 12.0. The van der Waals surface area contributed by atoms with E-state index in [0.717, 1.165) is 24.3 Å². The van der Waals surface area contributed by atoms with Crippen molar-refractivity contribution in [1.29, 1.82) is 0 Å². The number of nitrogens with one attached hydrogen (secondary N) is 2. The van der Waals surface area contributed by atoms with Crippen LogP contribution in [0.15, 0.2) is 29.2 Å². The second-order valence-corrected chi connectivity index (χ2v) is 7.00. The third-order valence-corrected chi connectivity index (χ3v) is 4.23. The molecule has 0 aromatic heterocycles. The van der Waals surface area contributed by atoms with Gasteiger partial charge in [0.05, 0.1) is 4.90 Å². The Morgan fingerprint density at radius 3 is 2.38 bits per heavy atom. The van der Waals surface area contributed by atoms with E-state index in [4.69, 9.17) is 5.73 Å². The van der Waals surface area contributed by atoms with Crippen LogP contribution in [0.3, 0.4) is 0 Å². The van der Waals surface area contributed by atoms with Crippen LogP contribution in [-0.2, 0) is 14.8 Å². The van der Waals surface area contributed by atoms with Crippen LogP contribution >= 0.6 is 0 Å². The quantitative estimate of drug-likeness (QED) is 0.675. The molecule has 0 radical (unpaired) electrons. The zero-order chi connectivity index (χ0) is 16.1. The second-order valence-electron chi connectivity index (χ2n) is 5.24. The van der Waals surface area contributed by atoms with E-state index in [1.54, 1.807) is 13.8 Å². The molecule has 0 saturated heterocycles. The molecule has 0 saturated carbocycles. The Bertz CT molecular complexity index is 585. The highest BCUT2D eigenvalue weighted by Crippen LogP contribution is 2.09. The molecule has 0 heterocycles. The minimum absolute atomic E-state index is 0.0101. The van der Waals surface area contributed by atoms with Gasteiger partial charge in [0, 0.05) is 25.0 Å². The molecule has 0 bridgehead atoms.